The number of hydrogen-bond acceptors (Lipinski definition) is 2. The molecule has 4 heteroatoms. The molecular formula is C13H16O4. The first-order chi connectivity index (χ1) is 7.90. The van der Waals surface area contributed by atoms with Gasteiger partial charge in [-0.05, 0) is 32.9 Å². The highest BCUT2D eigenvalue weighted by Crippen LogP contribution is 2.07. The van der Waals surface area contributed by atoms with Crippen LogP contribution in [0.15, 0.2) is 35.9 Å². The van der Waals surface area contributed by atoms with E-state index in [1.165, 1.54) is 29.8 Å². The Hall–Kier alpha value is -2.10. The average molecular weight is 236 g/mol. The van der Waals surface area contributed by atoms with Crippen LogP contribution in [0.4, 0.5) is 0 Å². The van der Waals surface area contributed by atoms with Crippen LogP contribution in [0, 0.1) is 0 Å². The minimum Gasteiger partial charge on any atom is -0.478 e. The Kier molecular flexibility index (Phi) is 6.33. The number of aromatic carboxylic acids is 2. The van der Waals surface area contributed by atoms with Crippen LogP contribution in [0.25, 0.3) is 0 Å². The summed E-state index contributed by atoms with van der Waals surface area (Å²) in [6.07, 6.45) is 2.08. The number of allylic oxidation sites excluding steroid dienone is 2. The first kappa shape index (κ1) is 14.9. The Labute approximate surface area is 100 Å². The predicted molar refractivity (Wildman–Crippen MR) is 65.5 cm³/mol. The lowest BCUT2D eigenvalue weighted by atomic mass is 10.1. The molecule has 4 nitrogen and oxygen atoms in total. The third kappa shape index (κ3) is 5.51. The third-order valence-corrected chi connectivity index (χ3v) is 1.97. The van der Waals surface area contributed by atoms with Gasteiger partial charge in [0.2, 0.25) is 0 Å². The molecule has 2 N–H and O–H groups in total. The van der Waals surface area contributed by atoms with Crippen LogP contribution in [0.3, 0.4) is 0 Å². The molecule has 0 saturated carbocycles. The Morgan fingerprint density at radius 2 is 1.29 bits per heavy atom. The summed E-state index contributed by atoms with van der Waals surface area (Å²) >= 11 is 0. The Bertz CT molecular complexity index is 396. The molecule has 92 valence electrons. The second-order valence-electron chi connectivity index (χ2n) is 3.52. The SMILES string of the molecule is CC=C(C)C.O=C(O)c1ccccc1C(=O)O. The van der Waals surface area contributed by atoms with E-state index in [-0.39, 0.29) is 11.1 Å². The van der Waals surface area contributed by atoms with E-state index in [1.54, 1.807) is 0 Å². The van der Waals surface area contributed by atoms with Gasteiger partial charge in [0.15, 0.2) is 0 Å². The maximum atomic E-state index is 10.5. The van der Waals surface area contributed by atoms with Crippen molar-refractivity contribution < 1.29 is 19.8 Å². The van der Waals surface area contributed by atoms with Gasteiger partial charge in [0.05, 0.1) is 11.1 Å². The van der Waals surface area contributed by atoms with Crippen molar-refractivity contribution in [2.75, 3.05) is 0 Å². The van der Waals surface area contributed by atoms with Crippen molar-refractivity contribution in [3.8, 4) is 0 Å². The summed E-state index contributed by atoms with van der Waals surface area (Å²) in [4.78, 5) is 20.9. The van der Waals surface area contributed by atoms with Gasteiger partial charge in [-0.1, -0.05) is 23.8 Å². The van der Waals surface area contributed by atoms with Crippen LogP contribution >= 0.6 is 0 Å². The largest absolute Gasteiger partial charge is 0.478 e. The lowest BCUT2D eigenvalue weighted by Gasteiger charge is -1.98. The van der Waals surface area contributed by atoms with E-state index in [1.807, 2.05) is 6.92 Å². The summed E-state index contributed by atoms with van der Waals surface area (Å²) < 4.78 is 0. The van der Waals surface area contributed by atoms with Crippen LogP contribution in [-0.4, -0.2) is 22.2 Å². The Balaban J connectivity index is 0.000000437. The van der Waals surface area contributed by atoms with Crippen molar-refractivity contribution in [1.29, 1.82) is 0 Å². The van der Waals surface area contributed by atoms with Crippen molar-refractivity contribution >= 4 is 11.9 Å². The monoisotopic (exact) mass is 236 g/mol. The molecule has 1 rings (SSSR count). The number of carboxylic acid groups (broad SMARTS) is 2. The van der Waals surface area contributed by atoms with Gasteiger partial charge < -0.3 is 10.2 Å². The fraction of sp³-hybridized carbons (Fsp3) is 0.231. The molecule has 17 heavy (non-hydrogen) atoms. The maximum Gasteiger partial charge on any atom is 0.336 e. The summed E-state index contributed by atoms with van der Waals surface area (Å²) in [6.45, 7) is 6.20. The summed E-state index contributed by atoms with van der Waals surface area (Å²) in [6, 6.07) is 5.48. The molecule has 1 aromatic carbocycles. The lowest BCUT2D eigenvalue weighted by Crippen LogP contribution is -2.06. The van der Waals surface area contributed by atoms with E-state index < -0.39 is 11.9 Å². The van der Waals surface area contributed by atoms with Crippen molar-refractivity contribution in [1.82, 2.24) is 0 Å². The van der Waals surface area contributed by atoms with Gasteiger partial charge in [0.1, 0.15) is 0 Å². The van der Waals surface area contributed by atoms with Crippen LogP contribution < -0.4 is 0 Å². The smallest absolute Gasteiger partial charge is 0.336 e. The van der Waals surface area contributed by atoms with Gasteiger partial charge in [-0.15, -0.1) is 0 Å². The normalized spacial score (nSPS) is 8.65. The molecule has 0 spiro atoms. The average Bonchev–Trinajstić information content (AvgIpc) is 2.29. The van der Waals surface area contributed by atoms with E-state index in [2.05, 4.69) is 19.9 Å². The first-order valence-corrected chi connectivity index (χ1v) is 5.05. The zero-order valence-corrected chi connectivity index (χ0v) is 10.1. The maximum absolute atomic E-state index is 10.5. The van der Waals surface area contributed by atoms with Gasteiger partial charge in [0, 0.05) is 0 Å². The number of carbonyl (C=O) groups is 2. The molecule has 1 aromatic rings. The lowest BCUT2D eigenvalue weighted by molar-refractivity contribution is 0.0651. The van der Waals surface area contributed by atoms with E-state index in [4.69, 9.17) is 10.2 Å². The number of rotatable bonds is 2. The number of benzene rings is 1. The van der Waals surface area contributed by atoms with Crippen molar-refractivity contribution in [3.63, 3.8) is 0 Å². The topological polar surface area (TPSA) is 74.6 Å². The molecule has 0 unspecified atom stereocenters. The summed E-state index contributed by atoms with van der Waals surface area (Å²) in [5.41, 5.74) is 1.00. The number of carboxylic acids is 2. The highest BCUT2D eigenvalue weighted by molar-refractivity contribution is 6.01. The van der Waals surface area contributed by atoms with E-state index >= 15 is 0 Å². The van der Waals surface area contributed by atoms with Gasteiger partial charge in [-0.3, -0.25) is 0 Å². The van der Waals surface area contributed by atoms with Crippen molar-refractivity contribution in [2.45, 2.75) is 20.8 Å². The zero-order valence-electron chi connectivity index (χ0n) is 10.1. The first-order valence-electron chi connectivity index (χ1n) is 5.05. The molecule has 0 aromatic heterocycles. The molecule has 0 heterocycles. The van der Waals surface area contributed by atoms with Crippen molar-refractivity contribution in [2.24, 2.45) is 0 Å². The molecule has 0 amide bonds. The van der Waals surface area contributed by atoms with Crippen molar-refractivity contribution in [3.05, 3.63) is 47.0 Å². The molecule has 0 radical (unpaired) electrons. The fourth-order valence-electron chi connectivity index (χ4n) is 0.856. The van der Waals surface area contributed by atoms with Gasteiger partial charge >= 0.3 is 11.9 Å². The van der Waals surface area contributed by atoms with Gasteiger partial charge in [0.25, 0.3) is 0 Å². The third-order valence-electron chi connectivity index (χ3n) is 1.97. The zero-order chi connectivity index (χ0) is 13.4. The standard InChI is InChI=1S/C8H6O4.C5H10/c9-7(10)5-3-1-2-4-6(5)8(11)12;1-4-5(2)3/h1-4H,(H,9,10)(H,11,12);4H,1-3H3. The molecule has 0 aliphatic rings. The summed E-state index contributed by atoms with van der Waals surface area (Å²) in [5, 5.41) is 17.1. The Morgan fingerprint density at radius 1 is 1.00 bits per heavy atom. The Morgan fingerprint density at radius 3 is 1.47 bits per heavy atom. The number of hydrogen-bond donors (Lipinski definition) is 2. The van der Waals surface area contributed by atoms with Gasteiger partial charge in [-0.2, -0.15) is 0 Å². The van der Waals surface area contributed by atoms with Gasteiger partial charge in [-0.25, -0.2) is 9.59 Å². The predicted octanol–water partition coefficient (Wildman–Crippen LogP) is 3.06. The second kappa shape index (κ2) is 7.22. The molecule has 0 atom stereocenters. The molecule has 0 aliphatic carbocycles. The van der Waals surface area contributed by atoms with Crippen LogP contribution in [-0.2, 0) is 0 Å². The summed E-state index contributed by atoms with van der Waals surface area (Å²) in [5.74, 6) is -2.46. The highest BCUT2D eigenvalue weighted by Gasteiger charge is 2.13. The van der Waals surface area contributed by atoms with Crippen LogP contribution in [0.5, 0.6) is 0 Å². The minimum atomic E-state index is -1.23. The van der Waals surface area contributed by atoms with E-state index in [0.717, 1.165) is 0 Å². The summed E-state index contributed by atoms with van der Waals surface area (Å²) in [7, 11) is 0. The van der Waals surface area contributed by atoms with Crippen LogP contribution in [0.1, 0.15) is 41.5 Å². The molecule has 0 aliphatic heterocycles. The van der Waals surface area contributed by atoms with E-state index in [0.29, 0.717) is 0 Å². The molecule has 0 bridgehead atoms. The highest BCUT2D eigenvalue weighted by atomic mass is 16.4. The molecule has 0 saturated heterocycles. The minimum absolute atomic E-state index is 0.190. The van der Waals surface area contributed by atoms with E-state index in [9.17, 15) is 9.59 Å². The fourth-order valence-corrected chi connectivity index (χ4v) is 0.856. The molecule has 0 fully saturated rings. The second-order valence-corrected chi connectivity index (χ2v) is 3.52. The van der Waals surface area contributed by atoms with Crippen LogP contribution in [0.2, 0.25) is 0 Å². The molecular weight excluding hydrogens is 220 g/mol. The quantitative estimate of drug-likeness (QED) is 0.774.